The second-order valence-corrected chi connectivity index (χ2v) is 5.94. The first-order chi connectivity index (χ1) is 11.0. The Hall–Kier alpha value is -2.08. The molecule has 2 rings (SSSR count). The summed E-state index contributed by atoms with van der Waals surface area (Å²) in [6.07, 6.45) is 0.426. The molecule has 1 atom stereocenters. The number of benzene rings is 1. The van der Waals surface area contributed by atoms with Gasteiger partial charge < -0.3 is 19.9 Å². The number of esters is 1. The van der Waals surface area contributed by atoms with Gasteiger partial charge in [-0.2, -0.15) is 0 Å². The molecule has 1 heterocycles. The maximum atomic E-state index is 11.7. The van der Waals surface area contributed by atoms with E-state index < -0.39 is 12.0 Å². The first kappa shape index (κ1) is 17.3. The largest absolute Gasteiger partial charge is 0.467 e. The number of carbonyl (C=O) groups is 2. The van der Waals surface area contributed by atoms with Gasteiger partial charge in [0.15, 0.2) is 0 Å². The van der Waals surface area contributed by atoms with E-state index in [0.717, 1.165) is 31.7 Å². The minimum absolute atomic E-state index is 0.241. The van der Waals surface area contributed by atoms with Crippen LogP contribution >= 0.6 is 0 Å². The van der Waals surface area contributed by atoms with Gasteiger partial charge in [0.25, 0.3) is 0 Å². The molecular weight excluding hydrogens is 294 g/mol. The van der Waals surface area contributed by atoms with E-state index in [1.54, 1.807) is 0 Å². The van der Waals surface area contributed by atoms with Crippen molar-refractivity contribution in [2.45, 2.75) is 19.4 Å². The third-order valence-electron chi connectivity index (χ3n) is 4.11. The number of piperazine rings is 1. The smallest absolute Gasteiger partial charge is 0.328 e. The van der Waals surface area contributed by atoms with E-state index in [9.17, 15) is 9.59 Å². The van der Waals surface area contributed by atoms with Gasteiger partial charge in [-0.25, -0.2) is 4.79 Å². The summed E-state index contributed by atoms with van der Waals surface area (Å²) in [6.45, 7) is 5.56. The lowest BCUT2D eigenvalue weighted by molar-refractivity contribution is -0.144. The van der Waals surface area contributed by atoms with E-state index in [-0.39, 0.29) is 5.91 Å². The third kappa shape index (κ3) is 4.96. The summed E-state index contributed by atoms with van der Waals surface area (Å²) in [5.41, 5.74) is 2.18. The molecule has 0 radical (unpaired) electrons. The van der Waals surface area contributed by atoms with Crippen LogP contribution in [0.15, 0.2) is 24.3 Å². The molecular formula is C17H25N3O3. The predicted molar refractivity (Wildman–Crippen MR) is 89.5 cm³/mol. The fourth-order valence-electron chi connectivity index (χ4n) is 2.72. The molecule has 1 N–H and O–H groups in total. The molecule has 1 amide bonds. The first-order valence-corrected chi connectivity index (χ1v) is 7.87. The second-order valence-electron chi connectivity index (χ2n) is 5.94. The minimum Gasteiger partial charge on any atom is -0.467 e. The van der Waals surface area contributed by atoms with E-state index in [1.165, 1.54) is 19.7 Å². The average Bonchev–Trinajstić information content (AvgIpc) is 2.54. The lowest BCUT2D eigenvalue weighted by Gasteiger charge is -2.34. The zero-order chi connectivity index (χ0) is 16.8. The molecule has 0 aliphatic carbocycles. The highest BCUT2D eigenvalue weighted by molar-refractivity contribution is 5.83. The van der Waals surface area contributed by atoms with Gasteiger partial charge in [-0.15, -0.1) is 0 Å². The molecule has 0 spiro atoms. The van der Waals surface area contributed by atoms with Gasteiger partial charge >= 0.3 is 5.97 Å². The second kappa shape index (κ2) is 7.97. The Morgan fingerprint density at radius 3 is 2.30 bits per heavy atom. The topological polar surface area (TPSA) is 61.9 Å². The van der Waals surface area contributed by atoms with Crippen molar-refractivity contribution in [1.82, 2.24) is 10.2 Å². The van der Waals surface area contributed by atoms with E-state index in [2.05, 4.69) is 34.3 Å². The Labute approximate surface area is 137 Å². The summed E-state index contributed by atoms with van der Waals surface area (Å²) in [4.78, 5) is 27.6. The molecule has 6 nitrogen and oxygen atoms in total. The fraction of sp³-hybridized carbons (Fsp3) is 0.529. The number of hydrogen-bond acceptors (Lipinski definition) is 5. The van der Waals surface area contributed by atoms with Crippen LogP contribution in [-0.2, 0) is 20.7 Å². The average molecular weight is 319 g/mol. The van der Waals surface area contributed by atoms with Gasteiger partial charge in [0.1, 0.15) is 6.04 Å². The quantitative estimate of drug-likeness (QED) is 0.808. The Bertz CT molecular complexity index is 537. The first-order valence-electron chi connectivity index (χ1n) is 7.87. The Kier molecular flexibility index (Phi) is 5.98. The van der Waals surface area contributed by atoms with E-state index in [0.29, 0.717) is 6.42 Å². The Balaban J connectivity index is 2.00. The molecule has 0 bridgehead atoms. The number of nitrogens with zero attached hydrogens (tertiary/aromatic N) is 2. The van der Waals surface area contributed by atoms with Crippen LogP contribution in [0.5, 0.6) is 0 Å². The van der Waals surface area contributed by atoms with Gasteiger partial charge in [0.05, 0.1) is 7.11 Å². The molecule has 1 aromatic carbocycles. The van der Waals surface area contributed by atoms with E-state index >= 15 is 0 Å². The van der Waals surface area contributed by atoms with Gasteiger partial charge in [0.2, 0.25) is 5.91 Å². The molecule has 1 aromatic rings. The molecule has 1 fully saturated rings. The zero-order valence-corrected chi connectivity index (χ0v) is 14.0. The molecule has 1 saturated heterocycles. The molecule has 0 unspecified atom stereocenters. The van der Waals surface area contributed by atoms with Crippen molar-refractivity contribution in [2.75, 3.05) is 45.2 Å². The summed E-state index contributed by atoms with van der Waals surface area (Å²) < 4.78 is 4.75. The number of likely N-dealkylation sites (N-methyl/N-ethyl adjacent to an activating group) is 1. The maximum absolute atomic E-state index is 11.7. The van der Waals surface area contributed by atoms with Crippen molar-refractivity contribution in [2.24, 2.45) is 0 Å². The van der Waals surface area contributed by atoms with Crippen LogP contribution in [0.2, 0.25) is 0 Å². The minimum atomic E-state index is -0.646. The molecule has 126 valence electrons. The maximum Gasteiger partial charge on any atom is 0.328 e. The Morgan fingerprint density at radius 2 is 1.78 bits per heavy atom. The van der Waals surface area contributed by atoms with E-state index in [4.69, 9.17) is 4.74 Å². The predicted octanol–water partition coefficient (Wildman–Crippen LogP) is 0.659. The van der Waals surface area contributed by atoms with Crippen molar-refractivity contribution >= 4 is 17.6 Å². The van der Waals surface area contributed by atoms with Crippen LogP contribution < -0.4 is 10.2 Å². The Morgan fingerprint density at radius 1 is 1.17 bits per heavy atom. The standard InChI is InChI=1S/C17H25N3O3/c1-13(21)18-16(17(22)23-3)12-14-4-6-15(7-5-14)20-10-8-19(2)9-11-20/h4-7,16H,8-12H2,1-3H3,(H,18,21)/t16-/m0/s1. The summed E-state index contributed by atoms with van der Waals surface area (Å²) in [7, 11) is 3.46. The van der Waals surface area contributed by atoms with Crippen LogP contribution in [0.25, 0.3) is 0 Å². The van der Waals surface area contributed by atoms with E-state index in [1.807, 2.05) is 12.1 Å². The third-order valence-corrected chi connectivity index (χ3v) is 4.11. The number of hydrogen-bond donors (Lipinski definition) is 1. The van der Waals surface area contributed by atoms with Crippen molar-refractivity contribution in [1.29, 1.82) is 0 Å². The van der Waals surface area contributed by atoms with Crippen molar-refractivity contribution in [3.05, 3.63) is 29.8 Å². The molecule has 0 saturated carbocycles. The number of rotatable bonds is 5. The van der Waals surface area contributed by atoms with Gasteiger partial charge in [-0.1, -0.05) is 12.1 Å². The molecule has 0 aromatic heterocycles. The van der Waals surface area contributed by atoms with Gasteiger partial charge in [-0.3, -0.25) is 4.79 Å². The van der Waals surface area contributed by atoms with Crippen molar-refractivity contribution in [3.8, 4) is 0 Å². The monoisotopic (exact) mass is 319 g/mol. The van der Waals surface area contributed by atoms with Crippen LogP contribution in [-0.4, -0.2) is 63.2 Å². The van der Waals surface area contributed by atoms with Gasteiger partial charge in [0, 0.05) is 45.2 Å². The number of nitrogens with one attached hydrogen (secondary N) is 1. The highest BCUT2D eigenvalue weighted by atomic mass is 16.5. The zero-order valence-electron chi connectivity index (χ0n) is 14.0. The fourth-order valence-corrected chi connectivity index (χ4v) is 2.72. The molecule has 23 heavy (non-hydrogen) atoms. The number of anilines is 1. The van der Waals surface area contributed by atoms with Crippen LogP contribution in [0.1, 0.15) is 12.5 Å². The number of amides is 1. The normalized spacial score (nSPS) is 16.7. The summed E-state index contributed by atoms with van der Waals surface area (Å²) >= 11 is 0. The summed E-state index contributed by atoms with van der Waals surface area (Å²) in [5.74, 6) is -0.669. The molecule has 6 heteroatoms. The lowest BCUT2D eigenvalue weighted by atomic mass is 10.0. The van der Waals surface area contributed by atoms with Crippen LogP contribution in [0, 0.1) is 0 Å². The summed E-state index contributed by atoms with van der Waals surface area (Å²) in [5, 5.41) is 2.63. The summed E-state index contributed by atoms with van der Waals surface area (Å²) in [6, 6.07) is 7.51. The lowest BCUT2D eigenvalue weighted by Crippen LogP contribution is -2.44. The van der Waals surface area contributed by atoms with Crippen LogP contribution in [0.4, 0.5) is 5.69 Å². The van der Waals surface area contributed by atoms with Crippen LogP contribution in [0.3, 0.4) is 0 Å². The number of carbonyl (C=O) groups excluding carboxylic acids is 2. The molecule has 1 aliphatic rings. The van der Waals surface area contributed by atoms with Crippen molar-refractivity contribution in [3.63, 3.8) is 0 Å². The molecule has 1 aliphatic heterocycles. The van der Waals surface area contributed by atoms with Crippen molar-refractivity contribution < 1.29 is 14.3 Å². The number of methoxy groups -OCH3 is 1. The SMILES string of the molecule is COC(=O)[C@H](Cc1ccc(N2CCN(C)CC2)cc1)NC(C)=O. The number of ether oxygens (including phenoxy) is 1. The highest BCUT2D eigenvalue weighted by Gasteiger charge is 2.21. The van der Waals surface area contributed by atoms with Gasteiger partial charge in [-0.05, 0) is 24.7 Å². The highest BCUT2D eigenvalue weighted by Crippen LogP contribution is 2.18.